The molecule has 1 aromatic heterocycles. The summed E-state index contributed by atoms with van der Waals surface area (Å²) in [7, 11) is 1.73. The van der Waals surface area contributed by atoms with Crippen LogP contribution in [0.15, 0.2) is 35.1 Å². The number of piperidine rings is 1. The van der Waals surface area contributed by atoms with Gasteiger partial charge in [-0.15, -0.1) is 0 Å². The van der Waals surface area contributed by atoms with Crippen LogP contribution in [0.5, 0.6) is 0 Å². The van der Waals surface area contributed by atoms with Crippen LogP contribution < -0.4 is 11.0 Å². The van der Waals surface area contributed by atoms with Crippen LogP contribution in [-0.4, -0.2) is 38.4 Å². The van der Waals surface area contributed by atoms with Crippen LogP contribution in [0.2, 0.25) is 0 Å². The number of hydrogen-bond donors (Lipinski definition) is 1. The number of nitrogens with one attached hydrogen (secondary N) is 1. The first-order chi connectivity index (χ1) is 13.6. The van der Waals surface area contributed by atoms with Gasteiger partial charge in [-0.05, 0) is 31.2 Å². The number of aryl methyl sites for hydroxylation is 1. The highest BCUT2D eigenvalue weighted by atomic mass is 16.2. The van der Waals surface area contributed by atoms with Crippen LogP contribution in [0.25, 0.3) is 0 Å². The van der Waals surface area contributed by atoms with Crippen molar-refractivity contribution < 1.29 is 4.79 Å². The fraction of sp³-hybridized carbons (Fsp3) is 0.571. The van der Waals surface area contributed by atoms with Gasteiger partial charge in [0.15, 0.2) is 0 Å². The van der Waals surface area contributed by atoms with Crippen molar-refractivity contribution >= 4 is 6.03 Å². The fourth-order valence-electron chi connectivity index (χ4n) is 4.54. The third-order valence-electron chi connectivity index (χ3n) is 6.03. The molecule has 1 aromatic carbocycles. The minimum absolute atomic E-state index is 0.0208. The predicted octanol–water partition coefficient (Wildman–Crippen LogP) is 2.79. The summed E-state index contributed by atoms with van der Waals surface area (Å²) in [5.74, 6) is 0.977. The van der Waals surface area contributed by atoms with E-state index in [-0.39, 0.29) is 23.7 Å². The fourth-order valence-corrected chi connectivity index (χ4v) is 4.54. The molecule has 1 aliphatic heterocycles. The predicted molar refractivity (Wildman–Crippen MR) is 107 cm³/mol. The Morgan fingerprint density at radius 1 is 1.14 bits per heavy atom. The SMILES string of the molecule is Cn1nc(C2CCCN(C(=O)NCc3ccccc3)C2)n(C2CCCC2)c1=O. The maximum atomic E-state index is 12.7. The summed E-state index contributed by atoms with van der Waals surface area (Å²) in [6.07, 6.45) is 6.33. The zero-order valence-electron chi connectivity index (χ0n) is 16.5. The highest BCUT2D eigenvalue weighted by molar-refractivity contribution is 5.74. The van der Waals surface area contributed by atoms with Gasteiger partial charge in [-0.1, -0.05) is 43.2 Å². The molecule has 2 aliphatic rings. The molecule has 0 spiro atoms. The van der Waals surface area contributed by atoms with E-state index in [1.807, 2.05) is 39.8 Å². The first-order valence-electron chi connectivity index (χ1n) is 10.4. The van der Waals surface area contributed by atoms with Gasteiger partial charge in [-0.25, -0.2) is 14.3 Å². The second kappa shape index (κ2) is 8.20. The lowest BCUT2D eigenvalue weighted by molar-refractivity contribution is 0.176. The van der Waals surface area contributed by atoms with E-state index in [4.69, 9.17) is 0 Å². The summed E-state index contributed by atoms with van der Waals surface area (Å²) in [5, 5.41) is 7.59. The summed E-state index contributed by atoms with van der Waals surface area (Å²) in [4.78, 5) is 27.2. The average Bonchev–Trinajstić information content (AvgIpc) is 3.35. The van der Waals surface area contributed by atoms with Gasteiger partial charge < -0.3 is 10.2 Å². The largest absolute Gasteiger partial charge is 0.345 e. The molecule has 2 heterocycles. The van der Waals surface area contributed by atoms with Gasteiger partial charge in [0.1, 0.15) is 5.82 Å². The van der Waals surface area contributed by atoms with Crippen molar-refractivity contribution in [2.45, 2.75) is 57.0 Å². The quantitative estimate of drug-likeness (QED) is 0.882. The topological polar surface area (TPSA) is 72.2 Å². The Kier molecular flexibility index (Phi) is 5.50. The summed E-state index contributed by atoms with van der Waals surface area (Å²) >= 11 is 0. The molecule has 0 radical (unpaired) electrons. The average molecular weight is 383 g/mol. The number of benzene rings is 1. The zero-order chi connectivity index (χ0) is 19.5. The van der Waals surface area contributed by atoms with Gasteiger partial charge in [-0.3, -0.25) is 4.57 Å². The summed E-state index contributed by atoms with van der Waals surface area (Å²) in [6.45, 7) is 1.89. The van der Waals surface area contributed by atoms with Crippen LogP contribution in [0.1, 0.15) is 61.9 Å². The van der Waals surface area contributed by atoms with E-state index in [0.29, 0.717) is 13.1 Å². The molecule has 7 heteroatoms. The van der Waals surface area contributed by atoms with Crippen molar-refractivity contribution in [3.63, 3.8) is 0 Å². The van der Waals surface area contributed by atoms with E-state index in [1.54, 1.807) is 7.05 Å². The number of rotatable bonds is 4. The zero-order valence-corrected chi connectivity index (χ0v) is 16.5. The van der Waals surface area contributed by atoms with Gasteiger partial charge in [-0.2, -0.15) is 5.10 Å². The van der Waals surface area contributed by atoms with Crippen molar-refractivity contribution in [3.05, 3.63) is 52.2 Å². The van der Waals surface area contributed by atoms with Crippen LogP contribution in [0.3, 0.4) is 0 Å². The highest BCUT2D eigenvalue weighted by Gasteiger charge is 2.32. The molecule has 2 aromatic rings. The van der Waals surface area contributed by atoms with Crippen LogP contribution in [-0.2, 0) is 13.6 Å². The normalized spacial score (nSPS) is 20.5. The molecule has 1 atom stereocenters. The number of hydrogen-bond acceptors (Lipinski definition) is 3. The second-order valence-electron chi connectivity index (χ2n) is 8.00. The van der Waals surface area contributed by atoms with E-state index in [1.165, 1.54) is 17.5 Å². The van der Waals surface area contributed by atoms with E-state index in [2.05, 4.69) is 10.4 Å². The molecule has 1 saturated heterocycles. The first kappa shape index (κ1) is 18.8. The van der Waals surface area contributed by atoms with Gasteiger partial charge in [0.2, 0.25) is 0 Å². The minimum Gasteiger partial charge on any atom is -0.334 e. The molecule has 0 bridgehead atoms. The number of aromatic nitrogens is 3. The third-order valence-corrected chi connectivity index (χ3v) is 6.03. The molecule has 1 aliphatic carbocycles. The minimum atomic E-state index is -0.0424. The lowest BCUT2D eigenvalue weighted by Gasteiger charge is -2.32. The Hall–Kier alpha value is -2.57. The molecule has 2 fully saturated rings. The van der Waals surface area contributed by atoms with Gasteiger partial charge in [0, 0.05) is 38.6 Å². The number of nitrogens with zero attached hydrogens (tertiary/aromatic N) is 4. The summed E-state index contributed by atoms with van der Waals surface area (Å²) in [5.41, 5.74) is 1.07. The maximum absolute atomic E-state index is 12.7. The third kappa shape index (κ3) is 3.84. The molecule has 150 valence electrons. The summed E-state index contributed by atoms with van der Waals surface area (Å²) < 4.78 is 3.38. The van der Waals surface area contributed by atoms with Crippen LogP contribution >= 0.6 is 0 Å². The lowest BCUT2D eigenvalue weighted by atomic mass is 9.97. The van der Waals surface area contributed by atoms with E-state index < -0.39 is 0 Å². The molecule has 1 unspecified atom stereocenters. The van der Waals surface area contributed by atoms with E-state index in [0.717, 1.165) is 43.6 Å². The second-order valence-corrected chi connectivity index (χ2v) is 8.00. The molecule has 2 amide bonds. The first-order valence-corrected chi connectivity index (χ1v) is 10.4. The number of likely N-dealkylation sites (tertiary alicyclic amines) is 1. The molecule has 28 heavy (non-hydrogen) atoms. The molecule has 1 saturated carbocycles. The monoisotopic (exact) mass is 383 g/mol. The standard InChI is InChI=1S/C21H29N5O2/c1-24-21(28)26(18-11-5-6-12-18)19(23-24)17-10-7-13-25(15-17)20(27)22-14-16-8-3-2-4-9-16/h2-4,8-9,17-18H,5-7,10-15H2,1H3,(H,22,27). The maximum Gasteiger partial charge on any atom is 0.345 e. The van der Waals surface area contributed by atoms with E-state index >= 15 is 0 Å². The van der Waals surface area contributed by atoms with E-state index in [9.17, 15) is 9.59 Å². The van der Waals surface area contributed by atoms with Crippen LogP contribution in [0.4, 0.5) is 4.79 Å². The van der Waals surface area contributed by atoms with Crippen molar-refractivity contribution in [3.8, 4) is 0 Å². The highest BCUT2D eigenvalue weighted by Crippen LogP contribution is 2.33. The Bertz CT molecular complexity index is 867. The molecule has 4 rings (SSSR count). The van der Waals surface area contributed by atoms with Gasteiger partial charge in [0.25, 0.3) is 0 Å². The number of amides is 2. The molecular formula is C21H29N5O2. The molecular weight excluding hydrogens is 354 g/mol. The number of carbonyl (C=O) groups is 1. The van der Waals surface area contributed by atoms with Crippen molar-refractivity contribution in [2.75, 3.05) is 13.1 Å². The Labute approximate surface area is 165 Å². The van der Waals surface area contributed by atoms with Crippen molar-refractivity contribution in [1.29, 1.82) is 0 Å². The smallest absolute Gasteiger partial charge is 0.334 e. The van der Waals surface area contributed by atoms with Crippen molar-refractivity contribution in [2.24, 2.45) is 7.05 Å². The Morgan fingerprint density at radius 3 is 2.64 bits per heavy atom. The molecule has 1 N–H and O–H groups in total. The van der Waals surface area contributed by atoms with Gasteiger partial charge >= 0.3 is 11.7 Å². The summed E-state index contributed by atoms with van der Waals surface area (Å²) in [6, 6.07) is 10.2. The molecule has 7 nitrogen and oxygen atoms in total. The van der Waals surface area contributed by atoms with Gasteiger partial charge in [0.05, 0.1) is 0 Å². The number of carbonyl (C=O) groups excluding carboxylic acids is 1. The Morgan fingerprint density at radius 2 is 1.89 bits per heavy atom. The number of urea groups is 1. The van der Waals surface area contributed by atoms with Crippen LogP contribution in [0, 0.1) is 0 Å². The van der Waals surface area contributed by atoms with Crippen molar-refractivity contribution in [1.82, 2.24) is 24.6 Å². The Balaban J connectivity index is 1.46. The lowest BCUT2D eigenvalue weighted by Crippen LogP contribution is -2.45.